The number of carboxylic acid groups (broad SMARTS) is 1. The highest BCUT2D eigenvalue weighted by atomic mass is 16.5. The Morgan fingerprint density at radius 3 is 0.962 bits per heavy atom. The van der Waals surface area contributed by atoms with E-state index in [0.717, 1.165) is 25.7 Å². The number of carbonyl (C=O) groups excluding carboxylic acids is 1. The summed E-state index contributed by atoms with van der Waals surface area (Å²) in [5.41, 5.74) is 0. The minimum atomic E-state index is -0.655. The lowest BCUT2D eigenvalue weighted by Gasteiger charge is -2.06. The van der Waals surface area contributed by atoms with Crippen LogP contribution in [0.3, 0.4) is 0 Å². The zero-order valence-corrected chi connectivity index (χ0v) is 35.2. The predicted octanol–water partition coefficient (Wildman–Crippen LogP) is 16.6. The Hall–Kier alpha value is -1.32. The Kier molecular flexibility index (Phi) is 44.7. The first-order valence-electron chi connectivity index (χ1n) is 23.7. The molecule has 0 aromatic heterocycles. The zero-order valence-electron chi connectivity index (χ0n) is 35.2. The second-order valence-electron chi connectivity index (χ2n) is 16.2. The number of esters is 1. The predicted molar refractivity (Wildman–Crippen MR) is 227 cm³/mol. The molecule has 0 saturated carbocycles. The minimum absolute atomic E-state index is 0.0156. The van der Waals surface area contributed by atoms with Crippen molar-refractivity contribution in [2.75, 3.05) is 6.61 Å². The first kappa shape index (κ1) is 50.7. The van der Waals surface area contributed by atoms with E-state index in [1.54, 1.807) is 0 Å². The Labute approximate surface area is 325 Å². The lowest BCUT2D eigenvalue weighted by atomic mass is 10.0. The highest BCUT2D eigenvalue weighted by Crippen LogP contribution is 2.17. The first-order chi connectivity index (χ1) is 25.7. The summed E-state index contributed by atoms with van der Waals surface area (Å²) in [6, 6.07) is 0. The molecular formula is C48H92O4. The summed E-state index contributed by atoms with van der Waals surface area (Å²) in [5, 5.41) is 8.66. The summed E-state index contributed by atoms with van der Waals surface area (Å²) >= 11 is 0. The maximum Gasteiger partial charge on any atom is 0.305 e. The van der Waals surface area contributed by atoms with Crippen LogP contribution >= 0.6 is 0 Å². The third-order valence-corrected chi connectivity index (χ3v) is 10.9. The Bertz CT molecular complexity index is 732. The van der Waals surface area contributed by atoms with Gasteiger partial charge in [-0.05, 0) is 44.9 Å². The van der Waals surface area contributed by atoms with E-state index in [1.807, 2.05) is 0 Å². The highest BCUT2D eigenvalue weighted by molar-refractivity contribution is 5.69. The van der Waals surface area contributed by atoms with Crippen molar-refractivity contribution in [3.8, 4) is 0 Å². The molecule has 0 spiro atoms. The van der Waals surface area contributed by atoms with Crippen molar-refractivity contribution in [2.45, 2.75) is 277 Å². The second-order valence-corrected chi connectivity index (χ2v) is 16.2. The molecule has 0 aliphatic carbocycles. The van der Waals surface area contributed by atoms with Crippen LogP contribution in [0.2, 0.25) is 0 Å². The van der Waals surface area contributed by atoms with Gasteiger partial charge >= 0.3 is 11.9 Å². The van der Waals surface area contributed by atoms with E-state index in [0.29, 0.717) is 19.4 Å². The van der Waals surface area contributed by atoms with Gasteiger partial charge in [0.15, 0.2) is 0 Å². The normalized spacial score (nSPS) is 11.6. The molecule has 0 fully saturated rings. The van der Waals surface area contributed by atoms with Gasteiger partial charge < -0.3 is 9.84 Å². The molecule has 308 valence electrons. The molecular weight excluding hydrogens is 641 g/mol. The Balaban J connectivity index is 3.16. The van der Waals surface area contributed by atoms with Crippen molar-refractivity contribution in [3.63, 3.8) is 0 Å². The molecule has 0 saturated heterocycles. The van der Waals surface area contributed by atoms with Crippen molar-refractivity contribution < 1.29 is 19.4 Å². The number of hydrogen-bond acceptors (Lipinski definition) is 3. The van der Waals surface area contributed by atoms with Crippen LogP contribution in [0.5, 0.6) is 0 Å². The maximum absolute atomic E-state index is 12.0. The van der Waals surface area contributed by atoms with Crippen LogP contribution in [-0.2, 0) is 14.3 Å². The minimum Gasteiger partial charge on any atom is -0.481 e. The van der Waals surface area contributed by atoms with Gasteiger partial charge in [0.05, 0.1) is 6.61 Å². The molecule has 0 unspecified atom stereocenters. The molecule has 52 heavy (non-hydrogen) atoms. The van der Waals surface area contributed by atoms with Gasteiger partial charge in [-0.15, -0.1) is 0 Å². The van der Waals surface area contributed by atoms with Crippen LogP contribution in [0.15, 0.2) is 12.2 Å². The first-order valence-corrected chi connectivity index (χ1v) is 23.7. The topological polar surface area (TPSA) is 63.6 Å². The van der Waals surface area contributed by atoms with Crippen LogP contribution in [0.1, 0.15) is 277 Å². The standard InChI is InChI=1S/C48H92O4/c1-2-3-4-5-6-7-8-9-10-20-24-27-30-33-36-39-42-45-48(51)52-46-43-40-37-34-31-28-25-22-19-17-15-13-11-12-14-16-18-21-23-26-29-32-35-38-41-44-47(49)50/h9-10H,2-8,11-46H2,1H3,(H,49,50). The summed E-state index contributed by atoms with van der Waals surface area (Å²) in [7, 11) is 0. The summed E-state index contributed by atoms with van der Waals surface area (Å²) < 4.78 is 5.47. The van der Waals surface area contributed by atoms with Gasteiger partial charge in [-0.3, -0.25) is 9.59 Å². The third-order valence-electron chi connectivity index (χ3n) is 10.9. The van der Waals surface area contributed by atoms with E-state index >= 15 is 0 Å². The fourth-order valence-electron chi connectivity index (χ4n) is 7.40. The number of carbonyl (C=O) groups is 2. The van der Waals surface area contributed by atoms with Crippen molar-refractivity contribution in [3.05, 3.63) is 12.2 Å². The molecule has 0 aromatic carbocycles. The molecule has 0 radical (unpaired) electrons. The summed E-state index contributed by atoms with van der Waals surface area (Å²) in [6.45, 7) is 2.90. The molecule has 4 heteroatoms. The monoisotopic (exact) mass is 733 g/mol. The average molecular weight is 733 g/mol. The average Bonchev–Trinajstić information content (AvgIpc) is 3.13. The van der Waals surface area contributed by atoms with Gasteiger partial charge in [0, 0.05) is 12.8 Å². The highest BCUT2D eigenvalue weighted by Gasteiger charge is 2.03. The van der Waals surface area contributed by atoms with Crippen LogP contribution < -0.4 is 0 Å². The molecule has 0 aliphatic heterocycles. The SMILES string of the molecule is CCCCCCCCC=CCCCCCCCCCC(=O)OCCCCCCCCCCCCCCCCCCCCCCCCCCCC(=O)O. The fourth-order valence-corrected chi connectivity index (χ4v) is 7.40. The van der Waals surface area contributed by atoms with Crippen LogP contribution in [-0.4, -0.2) is 23.7 Å². The van der Waals surface area contributed by atoms with E-state index in [-0.39, 0.29) is 5.97 Å². The Morgan fingerprint density at radius 2 is 0.635 bits per heavy atom. The zero-order chi connectivity index (χ0) is 37.7. The fraction of sp³-hybridized carbons (Fsp3) is 0.917. The van der Waals surface area contributed by atoms with Gasteiger partial charge in [-0.25, -0.2) is 0 Å². The quantitative estimate of drug-likeness (QED) is 0.0385. The summed E-state index contributed by atoms with van der Waals surface area (Å²) in [4.78, 5) is 22.5. The van der Waals surface area contributed by atoms with Crippen LogP contribution in [0, 0.1) is 0 Å². The lowest BCUT2D eigenvalue weighted by Crippen LogP contribution is -2.05. The molecule has 0 rings (SSSR count). The molecule has 0 aliphatic rings. The number of unbranched alkanes of at least 4 members (excludes halogenated alkanes) is 37. The van der Waals surface area contributed by atoms with Crippen molar-refractivity contribution in [2.24, 2.45) is 0 Å². The number of hydrogen-bond donors (Lipinski definition) is 1. The van der Waals surface area contributed by atoms with E-state index in [9.17, 15) is 9.59 Å². The van der Waals surface area contributed by atoms with Crippen molar-refractivity contribution in [1.29, 1.82) is 0 Å². The van der Waals surface area contributed by atoms with Gasteiger partial charge in [0.2, 0.25) is 0 Å². The van der Waals surface area contributed by atoms with Gasteiger partial charge in [0.1, 0.15) is 0 Å². The van der Waals surface area contributed by atoms with Crippen LogP contribution in [0.4, 0.5) is 0 Å². The third kappa shape index (κ3) is 46.7. The largest absolute Gasteiger partial charge is 0.481 e. The number of aliphatic carboxylic acids is 1. The number of allylic oxidation sites excluding steroid dienone is 2. The summed E-state index contributed by atoms with van der Waals surface area (Å²) in [6.07, 6.45) is 58.4. The van der Waals surface area contributed by atoms with Gasteiger partial charge in [0.25, 0.3) is 0 Å². The smallest absolute Gasteiger partial charge is 0.305 e. The van der Waals surface area contributed by atoms with Crippen molar-refractivity contribution >= 4 is 11.9 Å². The molecule has 1 N–H and O–H groups in total. The van der Waals surface area contributed by atoms with E-state index < -0.39 is 5.97 Å². The van der Waals surface area contributed by atoms with E-state index in [2.05, 4.69) is 19.1 Å². The van der Waals surface area contributed by atoms with E-state index in [1.165, 1.54) is 231 Å². The van der Waals surface area contributed by atoms with E-state index in [4.69, 9.17) is 9.84 Å². The maximum atomic E-state index is 12.0. The molecule has 0 amide bonds. The number of rotatable bonds is 45. The van der Waals surface area contributed by atoms with Gasteiger partial charge in [-0.2, -0.15) is 0 Å². The van der Waals surface area contributed by atoms with Crippen LogP contribution in [0.25, 0.3) is 0 Å². The molecule has 0 heterocycles. The number of ether oxygens (including phenoxy) is 1. The second kappa shape index (κ2) is 45.8. The lowest BCUT2D eigenvalue weighted by molar-refractivity contribution is -0.144. The van der Waals surface area contributed by atoms with Crippen molar-refractivity contribution in [1.82, 2.24) is 0 Å². The molecule has 4 nitrogen and oxygen atoms in total. The summed E-state index contributed by atoms with van der Waals surface area (Å²) in [5.74, 6) is -0.639. The number of carboxylic acids is 1. The van der Waals surface area contributed by atoms with Gasteiger partial charge in [-0.1, -0.05) is 231 Å². The molecule has 0 bridgehead atoms. The molecule has 0 atom stereocenters. The molecule has 0 aromatic rings. The Morgan fingerprint density at radius 1 is 0.365 bits per heavy atom.